The molecule has 0 bridgehead atoms. The lowest BCUT2D eigenvalue weighted by molar-refractivity contribution is 0.409. The van der Waals surface area contributed by atoms with Crippen molar-refractivity contribution in [3.63, 3.8) is 0 Å². The van der Waals surface area contributed by atoms with Crippen LogP contribution in [0.5, 0.6) is 0 Å². The Morgan fingerprint density at radius 1 is 1.36 bits per heavy atom. The predicted molar refractivity (Wildman–Crippen MR) is 58.9 cm³/mol. The lowest BCUT2D eigenvalue weighted by atomic mass is 10.1. The van der Waals surface area contributed by atoms with E-state index in [2.05, 4.69) is 6.92 Å². The number of hydrogen-bond donors (Lipinski definition) is 0. The second-order valence-electron chi connectivity index (χ2n) is 3.85. The second-order valence-corrected chi connectivity index (χ2v) is 5.14. The van der Waals surface area contributed by atoms with Crippen LogP contribution in [0.3, 0.4) is 0 Å². The molecule has 1 aliphatic rings. The molecule has 0 aliphatic carbocycles. The third-order valence-corrected chi connectivity index (χ3v) is 4.00. The zero-order valence-corrected chi connectivity index (χ0v) is 9.51. The van der Waals surface area contributed by atoms with Gasteiger partial charge in [0, 0.05) is 16.6 Å². The molecular weight excluding hydrogens is 202 g/mol. The summed E-state index contributed by atoms with van der Waals surface area (Å²) in [4.78, 5) is 0. The average molecular weight is 220 g/mol. The van der Waals surface area contributed by atoms with Gasteiger partial charge in [-0.3, -0.25) is 0 Å². The van der Waals surface area contributed by atoms with Crippen molar-refractivity contribution in [1.29, 1.82) is 0 Å². The summed E-state index contributed by atoms with van der Waals surface area (Å²) in [5, 5.41) is 0.461. The molecule has 1 atom stereocenters. The number of thioether (sulfide) groups is 1. The van der Waals surface area contributed by atoms with Crippen LogP contribution in [0.25, 0.3) is 0 Å². The molecule has 1 aliphatic heterocycles. The van der Waals surface area contributed by atoms with E-state index in [0.29, 0.717) is 23.0 Å². The van der Waals surface area contributed by atoms with Gasteiger partial charge in [-0.2, -0.15) is 20.5 Å². The molecule has 0 radical (unpaired) electrons. The van der Waals surface area contributed by atoms with Crippen molar-refractivity contribution in [2.75, 3.05) is 5.75 Å². The summed E-state index contributed by atoms with van der Waals surface area (Å²) in [7, 11) is 0. The van der Waals surface area contributed by atoms with Gasteiger partial charge in [0.1, 0.15) is 0 Å². The molecule has 1 fully saturated rings. The average Bonchev–Trinajstić information content (AvgIpc) is 2.61. The van der Waals surface area contributed by atoms with Gasteiger partial charge >= 0.3 is 0 Å². The Balaban J connectivity index is 2.14. The minimum Gasteiger partial charge on any atom is -0.173 e. The molecule has 0 aromatic heterocycles. The molecule has 1 unspecified atom stereocenters. The lowest BCUT2D eigenvalue weighted by Gasteiger charge is -2.06. The Morgan fingerprint density at radius 2 is 2.14 bits per heavy atom. The molecule has 14 heavy (non-hydrogen) atoms. The number of rotatable bonds is 5. The summed E-state index contributed by atoms with van der Waals surface area (Å²) in [6.45, 7) is 2.18. The highest BCUT2D eigenvalue weighted by Gasteiger charge is 2.22. The minimum absolute atomic E-state index is 0.385. The van der Waals surface area contributed by atoms with Crippen LogP contribution in [-0.2, 0) is 0 Å². The van der Waals surface area contributed by atoms with Crippen LogP contribution in [0.1, 0.15) is 45.4 Å². The molecular formula is C11H18F2S. The van der Waals surface area contributed by atoms with E-state index in [-0.39, 0.29) is 0 Å². The summed E-state index contributed by atoms with van der Waals surface area (Å²) in [5.74, 6) is 0.556. The Labute approximate surface area is 89.1 Å². The largest absolute Gasteiger partial charge is 0.270 e. The van der Waals surface area contributed by atoms with E-state index in [1.54, 1.807) is 11.8 Å². The molecule has 0 amide bonds. The van der Waals surface area contributed by atoms with Gasteiger partial charge in [-0.15, -0.1) is 0 Å². The molecule has 3 heteroatoms. The standard InChI is InChI=1S/C11H18F2S/c1-2-3-4-5-6-10-7-9(8-14-10)11(12)13/h10H,2-8H2,1H3. The van der Waals surface area contributed by atoms with Gasteiger partial charge in [-0.1, -0.05) is 32.6 Å². The maximum atomic E-state index is 12.2. The minimum atomic E-state index is -1.44. The number of halogens is 2. The topological polar surface area (TPSA) is 0 Å². The van der Waals surface area contributed by atoms with Crippen LogP contribution < -0.4 is 0 Å². The maximum Gasteiger partial charge on any atom is 0.270 e. The molecule has 0 aromatic rings. The van der Waals surface area contributed by atoms with E-state index < -0.39 is 6.08 Å². The number of unbranched alkanes of at least 4 members (excludes halogenated alkanes) is 3. The molecule has 0 spiro atoms. The van der Waals surface area contributed by atoms with Gasteiger partial charge in [-0.05, 0) is 12.8 Å². The van der Waals surface area contributed by atoms with E-state index in [0.717, 1.165) is 6.42 Å². The van der Waals surface area contributed by atoms with Crippen LogP contribution >= 0.6 is 11.8 Å². The molecule has 0 N–H and O–H groups in total. The zero-order chi connectivity index (χ0) is 10.4. The first kappa shape index (κ1) is 12.0. The Morgan fingerprint density at radius 3 is 2.71 bits per heavy atom. The fourth-order valence-electron chi connectivity index (χ4n) is 1.73. The summed E-state index contributed by atoms with van der Waals surface area (Å²) < 4.78 is 24.4. The van der Waals surface area contributed by atoms with Gasteiger partial charge in [-0.25, -0.2) is 0 Å². The Hall–Kier alpha value is -0.0500. The van der Waals surface area contributed by atoms with Crippen molar-refractivity contribution in [3.8, 4) is 0 Å². The quantitative estimate of drug-likeness (QED) is 0.609. The highest BCUT2D eigenvalue weighted by molar-refractivity contribution is 8.00. The zero-order valence-electron chi connectivity index (χ0n) is 8.69. The first-order valence-corrected chi connectivity index (χ1v) is 6.43. The SMILES string of the molecule is CCCCCCC1CC(=C(F)F)CS1. The molecule has 1 saturated heterocycles. The fourth-order valence-corrected chi connectivity index (χ4v) is 3.04. The molecule has 82 valence electrons. The summed E-state index contributed by atoms with van der Waals surface area (Å²) in [6.07, 6.45) is 5.27. The first-order chi connectivity index (χ1) is 6.74. The Kier molecular flexibility index (Phi) is 5.53. The fraction of sp³-hybridized carbons (Fsp3) is 0.818. The van der Waals surface area contributed by atoms with Crippen molar-refractivity contribution in [3.05, 3.63) is 11.7 Å². The van der Waals surface area contributed by atoms with Crippen molar-refractivity contribution < 1.29 is 8.78 Å². The van der Waals surface area contributed by atoms with Crippen molar-refractivity contribution in [1.82, 2.24) is 0 Å². The maximum absolute atomic E-state index is 12.2. The van der Waals surface area contributed by atoms with Gasteiger partial charge < -0.3 is 0 Å². The lowest BCUT2D eigenvalue weighted by Crippen LogP contribution is -1.96. The molecule has 0 aromatic carbocycles. The van der Waals surface area contributed by atoms with E-state index in [1.165, 1.54) is 25.7 Å². The molecule has 0 saturated carbocycles. The van der Waals surface area contributed by atoms with Crippen LogP contribution in [-0.4, -0.2) is 11.0 Å². The van der Waals surface area contributed by atoms with Gasteiger partial charge in [0.25, 0.3) is 6.08 Å². The highest BCUT2D eigenvalue weighted by Crippen LogP contribution is 2.36. The first-order valence-electron chi connectivity index (χ1n) is 5.38. The van der Waals surface area contributed by atoms with Gasteiger partial charge in [0.05, 0.1) is 0 Å². The second kappa shape index (κ2) is 6.44. The number of hydrogen-bond acceptors (Lipinski definition) is 1. The van der Waals surface area contributed by atoms with E-state index in [4.69, 9.17) is 0 Å². The van der Waals surface area contributed by atoms with E-state index in [1.807, 2.05) is 0 Å². The van der Waals surface area contributed by atoms with Crippen LogP contribution in [0.2, 0.25) is 0 Å². The van der Waals surface area contributed by atoms with Gasteiger partial charge in [0.2, 0.25) is 0 Å². The van der Waals surface area contributed by atoms with E-state index >= 15 is 0 Å². The summed E-state index contributed by atoms with van der Waals surface area (Å²) >= 11 is 1.70. The third-order valence-electron chi connectivity index (χ3n) is 2.61. The summed E-state index contributed by atoms with van der Waals surface area (Å²) in [6, 6.07) is 0. The molecule has 1 heterocycles. The van der Waals surface area contributed by atoms with Crippen molar-refractivity contribution in [2.24, 2.45) is 0 Å². The summed E-state index contributed by atoms with van der Waals surface area (Å²) in [5.41, 5.74) is 0.385. The van der Waals surface area contributed by atoms with Crippen molar-refractivity contribution in [2.45, 2.75) is 50.7 Å². The highest BCUT2D eigenvalue weighted by atomic mass is 32.2. The van der Waals surface area contributed by atoms with Crippen LogP contribution in [0, 0.1) is 0 Å². The Bertz CT molecular complexity index is 197. The smallest absolute Gasteiger partial charge is 0.173 e. The molecule has 0 nitrogen and oxygen atoms in total. The van der Waals surface area contributed by atoms with Gasteiger partial charge in [0.15, 0.2) is 0 Å². The molecule has 1 rings (SSSR count). The predicted octanol–water partition coefficient (Wildman–Crippen LogP) is 4.61. The van der Waals surface area contributed by atoms with Crippen LogP contribution in [0.4, 0.5) is 8.78 Å². The van der Waals surface area contributed by atoms with E-state index in [9.17, 15) is 8.78 Å². The monoisotopic (exact) mass is 220 g/mol. The normalized spacial score (nSPS) is 21.6. The van der Waals surface area contributed by atoms with Crippen LogP contribution in [0.15, 0.2) is 11.7 Å². The third kappa shape index (κ3) is 3.99. The van der Waals surface area contributed by atoms with Crippen molar-refractivity contribution >= 4 is 11.8 Å².